The van der Waals surface area contributed by atoms with Gasteiger partial charge in [0, 0.05) is 35.6 Å². The number of nitrogens with one attached hydrogen (secondary N) is 2. The topological polar surface area (TPSA) is 144 Å². The van der Waals surface area contributed by atoms with Gasteiger partial charge in [-0.15, -0.1) is 16.4 Å². The van der Waals surface area contributed by atoms with Gasteiger partial charge in [0.2, 0.25) is 0 Å². The predicted molar refractivity (Wildman–Crippen MR) is 201 cm³/mol. The molecule has 5 aromatic heterocycles. The van der Waals surface area contributed by atoms with Crippen LogP contribution in [-0.2, 0) is 19.3 Å². The van der Waals surface area contributed by atoms with Gasteiger partial charge < -0.3 is 19.4 Å². The number of benzene rings is 2. The van der Waals surface area contributed by atoms with Crippen LogP contribution in [-0.4, -0.2) is 54.4 Å². The highest BCUT2D eigenvalue weighted by Gasteiger charge is 2.45. The molecule has 12 nitrogen and oxygen atoms in total. The van der Waals surface area contributed by atoms with E-state index in [0.29, 0.717) is 36.1 Å². The van der Waals surface area contributed by atoms with Crippen LogP contribution >= 0.6 is 11.3 Å². The van der Waals surface area contributed by atoms with E-state index in [1.54, 1.807) is 24.6 Å². The van der Waals surface area contributed by atoms with E-state index in [1.165, 1.54) is 11.1 Å². The molecule has 0 radical (unpaired) electrons. The molecule has 2 aliphatic heterocycles. The molecule has 2 aromatic carbocycles. The average Bonchev–Trinajstić information content (AvgIpc) is 4.04. The van der Waals surface area contributed by atoms with E-state index in [0.717, 1.165) is 74.9 Å². The van der Waals surface area contributed by atoms with Crippen LogP contribution in [0.2, 0.25) is 0 Å². The van der Waals surface area contributed by atoms with Crippen LogP contribution in [0.15, 0.2) is 88.5 Å². The molecule has 3 aliphatic rings. The van der Waals surface area contributed by atoms with E-state index in [1.807, 2.05) is 58.4 Å². The molecule has 10 rings (SSSR count). The minimum atomic E-state index is -0.668. The van der Waals surface area contributed by atoms with E-state index < -0.39 is 5.76 Å². The van der Waals surface area contributed by atoms with Gasteiger partial charge in [-0.2, -0.15) is 5.10 Å². The first kappa shape index (κ1) is 31.6. The smallest absolute Gasteiger partial charge is 0.434 e. The Labute approximate surface area is 307 Å². The van der Waals surface area contributed by atoms with Crippen molar-refractivity contribution in [1.82, 2.24) is 34.8 Å². The molecular weight excluding hydrogens is 689 g/mol. The van der Waals surface area contributed by atoms with Crippen LogP contribution < -0.4 is 15.8 Å². The zero-order valence-corrected chi connectivity index (χ0v) is 29.7. The minimum absolute atomic E-state index is 0.0460. The van der Waals surface area contributed by atoms with Crippen molar-refractivity contribution >= 4 is 33.1 Å². The molecule has 1 fully saturated rings. The highest BCUT2D eigenvalue weighted by Crippen LogP contribution is 2.50. The molecular formula is C40H34N8O4S. The highest BCUT2D eigenvalue weighted by atomic mass is 32.1. The van der Waals surface area contributed by atoms with E-state index >= 15 is 0 Å². The van der Waals surface area contributed by atoms with E-state index in [9.17, 15) is 9.59 Å². The summed E-state index contributed by atoms with van der Waals surface area (Å²) in [5.41, 5.74) is 7.89. The van der Waals surface area contributed by atoms with Gasteiger partial charge in [-0.25, -0.2) is 19.6 Å². The number of anilines is 1. The van der Waals surface area contributed by atoms with Crippen LogP contribution in [0.1, 0.15) is 69.8 Å². The predicted octanol–water partition coefficient (Wildman–Crippen LogP) is 7.07. The first-order valence-electron chi connectivity index (χ1n) is 17.9. The number of aryl methyl sites for hydroxylation is 2. The normalized spacial score (nSPS) is 17.4. The van der Waals surface area contributed by atoms with Crippen molar-refractivity contribution in [1.29, 1.82) is 0 Å². The number of H-pyrrole nitrogens is 1. The standard InChI is InChI=1S/C40H34N8O4S/c1-51-30-7-2-5-25-26(30)13-15-27(25)44-37-36-23(16-18-41-37)21-31(53-36)33-32(38-45-46-40(50)52-38)28(43-35-29-6-3-19-47(29)39(49)34(33)35)14-10-22-8-11-24(12-9-22)48-20-4-17-42-48/h2,4-5,7-9,11-12,16-18,20-21,27,29H,3,6,10,13-15,19H2,1H3,(H,41,44)(H,46,50). The number of hydrogen-bond donors (Lipinski definition) is 2. The number of carbonyl (C=O) groups excluding carboxylic acids is 1. The number of methoxy groups -OCH3 is 1. The van der Waals surface area contributed by atoms with E-state index in [-0.39, 0.29) is 23.9 Å². The van der Waals surface area contributed by atoms with Crippen molar-refractivity contribution < 1.29 is 13.9 Å². The first-order valence-corrected chi connectivity index (χ1v) is 18.7. The summed E-state index contributed by atoms with van der Waals surface area (Å²) < 4.78 is 14.1. The van der Waals surface area contributed by atoms with Crippen molar-refractivity contribution in [3.63, 3.8) is 0 Å². The van der Waals surface area contributed by atoms with Gasteiger partial charge in [0.1, 0.15) is 11.6 Å². The third-order valence-electron chi connectivity index (χ3n) is 10.8. The van der Waals surface area contributed by atoms with Crippen molar-refractivity contribution in [3.05, 3.63) is 123 Å². The number of hydrogen-bond acceptors (Lipinski definition) is 10. The maximum Gasteiger partial charge on any atom is 0.434 e. The highest BCUT2D eigenvalue weighted by molar-refractivity contribution is 7.23. The zero-order valence-electron chi connectivity index (χ0n) is 28.8. The van der Waals surface area contributed by atoms with Crippen LogP contribution in [0.5, 0.6) is 5.75 Å². The van der Waals surface area contributed by atoms with Gasteiger partial charge in [-0.3, -0.25) is 9.78 Å². The van der Waals surface area contributed by atoms with Crippen molar-refractivity contribution in [2.24, 2.45) is 0 Å². The molecule has 1 amide bonds. The quantitative estimate of drug-likeness (QED) is 0.160. The number of nitrogens with zero attached hydrogens (tertiary/aromatic N) is 6. The second kappa shape index (κ2) is 12.6. The van der Waals surface area contributed by atoms with Gasteiger partial charge in [-0.1, -0.05) is 24.3 Å². The minimum Gasteiger partial charge on any atom is -0.496 e. The Morgan fingerprint density at radius 3 is 2.74 bits per heavy atom. The lowest BCUT2D eigenvalue weighted by Crippen LogP contribution is -2.22. The van der Waals surface area contributed by atoms with Gasteiger partial charge >= 0.3 is 5.76 Å². The molecule has 7 heterocycles. The van der Waals surface area contributed by atoms with Crippen molar-refractivity contribution in [2.75, 3.05) is 19.0 Å². The molecule has 2 N–H and O–H groups in total. The maximum atomic E-state index is 14.3. The largest absolute Gasteiger partial charge is 0.496 e. The molecule has 0 saturated carbocycles. The number of pyridine rings is 2. The number of fused-ring (bicyclic) bond motifs is 5. The van der Waals surface area contributed by atoms with Crippen LogP contribution in [0.4, 0.5) is 5.82 Å². The number of carbonyl (C=O) groups is 1. The Morgan fingerprint density at radius 1 is 1.02 bits per heavy atom. The summed E-state index contributed by atoms with van der Waals surface area (Å²) in [6.07, 6.45) is 10.3. The van der Waals surface area contributed by atoms with Gasteiger partial charge in [-0.05, 0) is 97.0 Å². The number of thiophene rings is 1. The molecule has 2 unspecified atom stereocenters. The summed E-state index contributed by atoms with van der Waals surface area (Å²) in [7, 11) is 1.71. The fourth-order valence-electron chi connectivity index (χ4n) is 8.36. The van der Waals surface area contributed by atoms with Crippen molar-refractivity contribution in [2.45, 2.75) is 50.6 Å². The van der Waals surface area contributed by atoms with Gasteiger partial charge in [0.25, 0.3) is 11.8 Å². The van der Waals surface area contributed by atoms with Gasteiger partial charge in [0.05, 0.1) is 52.1 Å². The number of aromatic amines is 1. The Morgan fingerprint density at radius 2 is 1.92 bits per heavy atom. The fraction of sp³-hybridized carbons (Fsp3) is 0.250. The number of rotatable bonds is 9. The lowest BCUT2D eigenvalue weighted by molar-refractivity contribution is 0.0776. The van der Waals surface area contributed by atoms with Crippen LogP contribution in [0.3, 0.4) is 0 Å². The second-order valence-corrected chi connectivity index (χ2v) is 14.8. The molecule has 53 heavy (non-hydrogen) atoms. The first-order chi connectivity index (χ1) is 26.0. The molecule has 1 aliphatic carbocycles. The Kier molecular flexibility index (Phi) is 7.49. The lowest BCUT2D eigenvalue weighted by Gasteiger charge is -2.16. The molecule has 13 heteroatoms. The molecule has 0 bridgehead atoms. The number of amides is 1. The Hall–Kier alpha value is -6.08. The summed E-state index contributed by atoms with van der Waals surface area (Å²) in [5.74, 6) is 1.10. The fourth-order valence-corrected chi connectivity index (χ4v) is 9.53. The monoisotopic (exact) mass is 722 g/mol. The molecule has 1 saturated heterocycles. The second-order valence-electron chi connectivity index (χ2n) is 13.7. The summed E-state index contributed by atoms with van der Waals surface area (Å²) >= 11 is 1.57. The zero-order chi connectivity index (χ0) is 35.6. The summed E-state index contributed by atoms with van der Waals surface area (Å²) in [5, 5.41) is 15.8. The maximum absolute atomic E-state index is 14.3. The summed E-state index contributed by atoms with van der Waals surface area (Å²) in [6, 6.07) is 20.5. The number of ether oxygens (including phenoxy) is 1. The van der Waals surface area contributed by atoms with Gasteiger partial charge in [0.15, 0.2) is 0 Å². The summed E-state index contributed by atoms with van der Waals surface area (Å²) in [4.78, 5) is 39.6. The van der Waals surface area contributed by atoms with E-state index in [2.05, 4.69) is 44.9 Å². The Bertz CT molecular complexity index is 2590. The number of aromatic nitrogens is 6. The van der Waals surface area contributed by atoms with Crippen molar-refractivity contribution in [3.8, 4) is 33.3 Å². The third kappa shape index (κ3) is 5.25. The van der Waals surface area contributed by atoms with Crippen LogP contribution in [0.25, 0.3) is 37.7 Å². The Balaban J connectivity index is 1.10. The van der Waals surface area contributed by atoms with Crippen LogP contribution in [0, 0.1) is 0 Å². The third-order valence-corrected chi connectivity index (χ3v) is 12.0. The average molecular weight is 723 g/mol. The lowest BCUT2D eigenvalue weighted by atomic mass is 9.93. The van der Waals surface area contributed by atoms with E-state index in [4.69, 9.17) is 19.1 Å². The molecule has 7 aromatic rings. The molecule has 2 atom stereocenters. The molecule has 0 spiro atoms. The summed E-state index contributed by atoms with van der Waals surface area (Å²) in [6.45, 7) is 0.683. The SMILES string of the molecule is COc1cccc2c1CCC2Nc1nccc2cc(-c3c4c(nc(CCc5ccc(-n6cccn6)cc5)c3-c3n[nH]c(=O)o3)C3CCCN3C4=O)sc12. The molecule has 264 valence electrons.